The molecule has 1 aromatic carbocycles. The lowest BCUT2D eigenvalue weighted by Gasteiger charge is -2.14. The number of unbranched alkanes of at least 4 members (excludes halogenated alkanes) is 8. The van der Waals surface area contributed by atoms with E-state index in [0.29, 0.717) is 12.0 Å². The van der Waals surface area contributed by atoms with Crippen molar-refractivity contribution in [2.24, 2.45) is 4.52 Å². The van der Waals surface area contributed by atoms with E-state index in [9.17, 15) is 8.42 Å². The summed E-state index contributed by atoms with van der Waals surface area (Å²) in [6.07, 6.45) is 11.1. The number of benzene rings is 1. The summed E-state index contributed by atoms with van der Waals surface area (Å²) in [4.78, 5) is 2.48. The summed E-state index contributed by atoms with van der Waals surface area (Å²) in [7, 11) is -3.82. The molecule has 134 valence electrons. The van der Waals surface area contributed by atoms with Crippen molar-refractivity contribution in [3.63, 3.8) is 0 Å². The zero-order valence-corrected chi connectivity index (χ0v) is 15.4. The fourth-order valence-electron chi connectivity index (χ4n) is 2.90. The molecule has 5 nitrogen and oxygen atoms in total. The molecule has 1 rings (SSSR count). The molecule has 1 aromatic rings. The minimum absolute atomic E-state index is 0.501. The van der Waals surface area contributed by atoms with Gasteiger partial charge in [0.25, 0.3) is 0 Å². The van der Waals surface area contributed by atoms with E-state index < -0.39 is 15.3 Å². The molecule has 0 aliphatic rings. The lowest BCUT2D eigenvalue weighted by Crippen LogP contribution is -2.10. The third-order valence-corrected chi connectivity index (χ3v) is 5.78. The minimum Gasteiger partial charge on any atom is -0.220 e. The Bertz CT molecular complexity index is 596. The highest BCUT2D eigenvalue weighted by molar-refractivity contribution is 7.90. The molecule has 0 spiro atoms. The first-order valence-electron chi connectivity index (χ1n) is 8.97. The van der Waals surface area contributed by atoms with E-state index in [1.807, 2.05) is 18.2 Å². The fraction of sp³-hybridized carbons (Fsp3) is 0.667. The number of hydrogen-bond donors (Lipinski definition) is 0. The fourth-order valence-corrected chi connectivity index (χ4v) is 4.08. The van der Waals surface area contributed by atoms with E-state index in [-0.39, 0.29) is 0 Å². The Hall–Kier alpha value is -1.52. The first kappa shape index (κ1) is 20.5. The quantitative estimate of drug-likeness (QED) is 0.181. The van der Waals surface area contributed by atoms with Crippen LogP contribution in [0.3, 0.4) is 0 Å². The Morgan fingerprint density at radius 1 is 0.958 bits per heavy atom. The van der Waals surface area contributed by atoms with E-state index in [4.69, 9.17) is 5.53 Å². The number of sulfonamides is 1. The predicted octanol–water partition coefficient (Wildman–Crippen LogP) is 6.29. The van der Waals surface area contributed by atoms with Gasteiger partial charge in [-0.05, 0) is 17.5 Å². The van der Waals surface area contributed by atoms with Gasteiger partial charge < -0.3 is 0 Å². The zero-order chi connectivity index (χ0) is 17.7. The monoisotopic (exact) mass is 351 g/mol. The van der Waals surface area contributed by atoms with Crippen molar-refractivity contribution in [1.82, 2.24) is 0 Å². The van der Waals surface area contributed by atoms with E-state index in [0.717, 1.165) is 19.3 Å². The maximum absolute atomic E-state index is 12.2. The number of rotatable bonds is 13. The van der Waals surface area contributed by atoms with Crippen LogP contribution in [0.25, 0.3) is 10.4 Å². The van der Waals surface area contributed by atoms with Gasteiger partial charge >= 0.3 is 0 Å². The van der Waals surface area contributed by atoms with Crippen LogP contribution in [0, 0.1) is 0 Å². The topological polar surface area (TPSA) is 82.9 Å². The SMILES string of the molecule is CCCCCCCCCCCC(c1ccccc1)S(=O)(=O)N=[N+]=[N-]. The first-order valence-corrected chi connectivity index (χ1v) is 10.5. The molecule has 0 N–H and O–H groups in total. The van der Waals surface area contributed by atoms with Crippen LogP contribution in [0.4, 0.5) is 0 Å². The number of nitrogens with zero attached hydrogens (tertiary/aromatic N) is 3. The summed E-state index contributed by atoms with van der Waals surface area (Å²) in [5, 5.41) is -0.737. The Morgan fingerprint density at radius 2 is 1.50 bits per heavy atom. The molecule has 0 radical (unpaired) electrons. The van der Waals surface area contributed by atoms with Crippen LogP contribution >= 0.6 is 0 Å². The zero-order valence-electron chi connectivity index (χ0n) is 14.6. The molecule has 0 saturated carbocycles. The Morgan fingerprint density at radius 3 is 2.04 bits per heavy atom. The maximum atomic E-state index is 12.2. The molecule has 1 unspecified atom stereocenters. The molecule has 0 bridgehead atoms. The molecule has 24 heavy (non-hydrogen) atoms. The molecule has 0 aliphatic carbocycles. The van der Waals surface area contributed by atoms with Gasteiger partial charge in [-0.25, -0.2) is 8.42 Å². The Balaban J connectivity index is 2.43. The summed E-state index contributed by atoms with van der Waals surface area (Å²) < 4.78 is 27.4. The highest BCUT2D eigenvalue weighted by Crippen LogP contribution is 2.29. The van der Waals surface area contributed by atoms with Gasteiger partial charge in [-0.1, -0.05) is 95.0 Å². The molecule has 0 saturated heterocycles. The molecule has 0 fully saturated rings. The van der Waals surface area contributed by atoms with Crippen molar-refractivity contribution in [3.05, 3.63) is 46.3 Å². The van der Waals surface area contributed by atoms with Gasteiger partial charge in [0.05, 0.1) is 5.25 Å². The van der Waals surface area contributed by atoms with E-state index in [1.165, 1.54) is 38.5 Å². The van der Waals surface area contributed by atoms with Crippen molar-refractivity contribution in [3.8, 4) is 0 Å². The lowest BCUT2D eigenvalue weighted by molar-refractivity contribution is 0.540. The second-order valence-corrected chi connectivity index (χ2v) is 7.96. The van der Waals surface area contributed by atoms with Crippen LogP contribution in [0.1, 0.15) is 81.9 Å². The molecule has 0 aliphatic heterocycles. The predicted molar refractivity (Wildman–Crippen MR) is 99.1 cm³/mol. The molecular formula is C18H29N3O2S. The average molecular weight is 352 g/mol. The summed E-state index contributed by atoms with van der Waals surface area (Å²) in [6.45, 7) is 2.22. The molecule has 6 heteroatoms. The highest BCUT2D eigenvalue weighted by atomic mass is 32.2. The lowest BCUT2D eigenvalue weighted by atomic mass is 10.0. The Labute approximate surface area is 146 Å². The van der Waals surface area contributed by atoms with Crippen LogP contribution in [0.2, 0.25) is 0 Å². The molecule has 0 heterocycles. The van der Waals surface area contributed by atoms with Crippen molar-refractivity contribution < 1.29 is 8.42 Å². The second kappa shape index (κ2) is 11.9. The molecule has 1 atom stereocenters. The first-order chi connectivity index (χ1) is 11.6. The van der Waals surface area contributed by atoms with Gasteiger partial charge in [-0.2, -0.15) is 0 Å². The van der Waals surface area contributed by atoms with E-state index in [1.54, 1.807) is 12.1 Å². The van der Waals surface area contributed by atoms with Crippen molar-refractivity contribution in [1.29, 1.82) is 0 Å². The van der Waals surface area contributed by atoms with Gasteiger partial charge in [-0.3, -0.25) is 0 Å². The maximum Gasteiger partial charge on any atom is 0.242 e. The van der Waals surface area contributed by atoms with Gasteiger partial charge in [-0.15, -0.1) is 0 Å². The third-order valence-electron chi connectivity index (χ3n) is 4.25. The van der Waals surface area contributed by atoms with Gasteiger partial charge in [0, 0.05) is 9.43 Å². The van der Waals surface area contributed by atoms with Crippen LogP contribution in [0.15, 0.2) is 34.9 Å². The Kier molecular flexibility index (Phi) is 10.2. The standard InChI is InChI=1S/C18H29N3O2S/c1-2-3-4-5-6-7-8-9-13-16-18(24(22,23)21-20-19)17-14-11-10-12-15-17/h10-12,14-15,18H,2-9,13,16H2,1H3. The smallest absolute Gasteiger partial charge is 0.220 e. The van der Waals surface area contributed by atoms with Crippen LogP contribution in [0.5, 0.6) is 0 Å². The van der Waals surface area contributed by atoms with Gasteiger partial charge in [0.2, 0.25) is 10.0 Å². The minimum atomic E-state index is -3.82. The summed E-state index contributed by atoms with van der Waals surface area (Å²) in [5.74, 6) is 0. The average Bonchev–Trinajstić information content (AvgIpc) is 2.57. The van der Waals surface area contributed by atoms with Gasteiger partial charge in [0.1, 0.15) is 0 Å². The molecule has 0 aromatic heterocycles. The normalized spacial score (nSPS) is 12.5. The number of hydrogen-bond acceptors (Lipinski definition) is 2. The van der Waals surface area contributed by atoms with Crippen LogP contribution in [-0.4, -0.2) is 8.42 Å². The summed E-state index contributed by atoms with van der Waals surface area (Å²) in [6, 6.07) is 9.03. The molecule has 0 amide bonds. The summed E-state index contributed by atoms with van der Waals surface area (Å²) >= 11 is 0. The van der Waals surface area contributed by atoms with Crippen LogP contribution < -0.4 is 0 Å². The molecular weight excluding hydrogens is 322 g/mol. The third kappa shape index (κ3) is 7.84. The van der Waals surface area contributed by atoms with Crippen molar-refractivity contribution in [2.75, 3.05) is 0 Å². The van der Waals surface area contributed by atoms with Crippen LogP contribution in [-0.2, 0) is 10.0 Å². The number of azide groups is 1. The van der Waals surface area contributed by atoms with Crippen molar-refractivity contribution >= 4 is 10.0 Å². The second-order valence-electron chi connectivity index (χ2n) is 6.20. The largest absolute Gasteiger partial charge is 0.242 e. The summed E-state index contributed by atoms with van der Waals surface area (Å²) in [5.41, 5.74) is 9.21. The van der Waals surface area contributed by atoms with Crippen molar-refractivity contribution in [2.45, 2.75) is 76.4 Å². The van der Waals surface area contributed by atoms with E-state index >= 15 is 0 Å². The van der Waals surface area contributed by atoms with E-state index in [2.05, 4.69) is 16.4 Å². The van der Waals surface area contributed by atoms with Gasteiger partial charge in [0.15, 0.2) is 0 Å². The highest BCUT2D eigenvalue weighted by Gasteiger charge is 2.25.